The molecule has 0 amide bonds. The Balaban J connectivity index is 1.42. The maximum absolute atomic E-state index is 13.4. The van der Waals surface area contributed by atoms with Crippen molar-refractivity contribution in [1.82, 2.24) is 0 Å². The van der Waals surface area contributed by atoms with Crippen molar-refractivity contribution in [3.63, 3.8) is 0 Å². The summed E-state index contributed by atoms with van der Waals surface area (Å²) in [6, 6.07) is 6.67. The molecule has 1 aromatic rings. The van der Waals surface area contributed by atoms with E-state index in [0.717, 1.165) is 50.7 Å². The lowest BCUT2D eigenvalue weighted by atomic mass is 9.42. The minimum Gasteiger partial charge on any atom is -0.497 e. The predicted octanol–water partition coefficient (Wildman–Crippen LogP) is 4.64. The van der Waals surface area contributed by atoms with E-state index in [4.69, 9.17) is 14.2 Å². The molecule has 1 aromatic carbocycles. The number of ketones is 1. The summed E-state index contributed by atoms with van der Waals surface area (Å²) in [6.07, 6.45) is 8.13. The van der Waals surface area contributed by atoms with Gasteiger partial charge in [0, 0.05) is 24.7 Å². The Hall–Kier alpha value is -1.39. The largest absolute Gasteiger partial charge is 0.497 e. The van der Waals surface area contributed by atoms with Gasteiger partial charge in [-0.05, 0) is 78.5 Å². The fraction of sp³-hybridized carbons (Fsp3) is 0.720. The second-order valence-electron chi connectivity index (χ2n) is 10.4. The number of methoxy groups -OCH3 is 1. The molecular weight excluding hydrogens is 364 g/mol. The van der Waals surface area contributed by atoms with Gasteiger partial charge in [-0.25, -0.2) is 0 Å². The van der Waals surface area contributed by atoms with Crippen LogP contribution in [0.25, 0.3) is 0 Å². The van der Waals surface area contributed by atoms with Crippen LogP contribution < -0.4 is 4.74 Å². The number of ether oxygens (including phenoxy) is 3. The highest BCUT2D eigenvalue weighted by atomic mass is 16.7. The van der Waals surface area contributed by atoms with Gasteiger partial charge >= 0.3 is 0 Å². The van der Waals surface area contributed by atoms with Gasteiger partial charge in [0.2, 0.25) is 0 Å². The third kappa shape index (κ3) is 2.25. The van der Waals surface area contributed by atoms with Crippen LogP contribution in [0.3, 0.4) is 0 Å². The molecule has 5 atom stereocenters. The minimum absolute atomic E-state index is 0.116. The number of carbonyl (C=O) groups excluding carboxylic acids is 1. The third-order valence-corrected chi connectivity index (χ3v) is 9.67. The Labute approximate surface area is 173 Å². The lowest BCUT2D eigenvalue weighted by molar-refractivity contribution is -0.229. The van der Waals surface area contributed by atoms with E-state index in [1.807, 2.05) is 0 Å². The van der Waals surface area contributed by atoms with E-state index in [-0.39, 0.29) is 10.8 Å². The summed E-state index contributed by atoms with van der Waals surface area (Å²) in [5.41, 5.74) is 2.93. The molecule has 0 unspecified atom stereocenters. The van der Waals surface area contributed by atoms with Crippen LogP contribution >= 0.6 is 0 Å². The van der Waals surface area contributed by atoms with Crippen LogP contribution in [0.1, 0.15) is 68.9 Å². The van der Waals surface area contributed by atoms with E-state index in [9.17, 15) is 4.79 Å². The minimum atomic E-state index is -0.408. The fourth-order valence-electron chi connectivity index (χ4n) is 8.41. The van der Waals surface area contributed by atoms with E-state index in [2.05, 4.69) is 25.1 Å². The average Bonchev–Trinajstić information content (AvgIpc) is 3.28. The average molecular weight is 397 g/mol. The molecule has 6 rings (SSSR count). The molecule has 4 heteroatoms. The Bertz CT molecular complexity index is 856. The molecule has 3 saturated carbocycles. The zero-order chi connectivity index (χ0) is 19.9. The van der Waals surface area contributed by atoms with Crippen molar-refractivity contribution >= 4 is 5.78 Å². The van der Waals surface area contributed by atoms with Gasteiger partial charge in [0.25, 0.3) is 0 Å². The molecule has 0 N–H and O–H groups in total. The summed E-state index contributed by atoms with van der Waals surface area (Å²) in [7, 11) is 1.75. The molecule has 0 aromatic heterocycles. The fourth-order valence-corrected chi connectivity index (χ4v) is 8.41. The van der Waals surface area contributed by atoms with E-state index in [1.165, 1.54) is 17.5 Å². The topological polar surface area (TPSA) is 44.8 Å². The molecule has 4 fully saturated rings. The molecule has 5 aliphatic rings. The quantitative estimate of drug-likeness (QED) is 0.693. The summed E-state index contributed by atoms with van der Waals surface area (Å²) in [5, 5.41) is 0. The van der Waals surface area contributed by atoms with Crippen molar-refractivity contribution in [3.8, 4) is 5.75 Å². The lowest BCUT2D eigenvalue weighted by Gasteiger charge is -2.62. The SMILES string of the molecule is COc1ccc2c(c1)CC[C@@H]1[C@@H]2CC[C@]2(C)C(=O)C[C@H]3CC4(CC[C@@]312)OCCO4. The summed E-state index contributed by atoms with van der Waals surface area (Å²) >= 11 is 0. The first-order valence-electron chi connectivity index (χ1n) is 11.5. The highest BCUT2D eigenvalue weighted by molar-refractivity contribution is 5.89. The Morgan fingerprint density at radius 2 is 1.93 bits per heavy atom. The summed E-state index contributed by atoms with van der Waals surface area (Å²) in [4.78, 5) is 13.4. The smallest absolute Gasteiger partial charge is 0.168 e. The molecule has 2 spiro atoms. The van der Waals surface area contributed by atoms with Crippen molar-refractivity contribution in [2.75, 3.05) is 20.3 Å². The molecule has 29 heavy (non-hydrogen) atoms. The molecular formula is C25H32O4. The summed E-state index contributed by atoms with van der Waals surface area (Å²) in [5.74, 6) is 2.64. The standard InChI is InChI=1S/C25H32O4/c1-23-8-7-20-19-5-4-18(27-2)13-16(19)3-6-21(20)25(23)10-9-24(28-11-12-29-24)15-17(25)14-22(23)26/h4-5,13,17,20-21H,3,6-12,14-15H2,1-2H3/t17-,20+,21+,23+,25+/m0/s1. The highest BCUT2D eigenvalue weighted by Gasteiger charge is 2.71. The van der Waals surface area contributed by atoms with Crippen LogP contribution in [0.5, 0.6) is 5.75 Å². The monoisotopic (exact) mass is 396 g/mol. The van der Waals surface area contributed by atoms with Crippen LogP contribution in [-0.2, 0) is 20.7 Å². The first-order valence-corrected chi connectivity index (χ1v) is 11.5. The molecule has 1 aliphatic heterocycles. The zero-order valence-corrected chi connectivity index (χ0v) is 17.7. The van der Waals surface area contributed by atoms with Gasteiger partial charge in [-0.2, -0.15) is 0 Å². The van der Waals surface area contributed by atoms with Gasteiger partial charge in [-0.3, -0.25) is 4.79 Å². The van der Waals surface area contributed by atoms with Gasteiger partial charge in [-0.15, -0.1) is 0 Å². The Morgan fingerprint density at radius 3 is 2.72 bits per heavy atom. The van der Waals surface area contributed by atoms with Gasteiger partial charge in [0.05, 0.1) is 20.3 Å². The summed E-state index contributed by atoms with van der Waals surface area (Å²) in [6.45, 7) is 3.71. The van der Waals surface area contributed by atoms with Crippen molar-refractivity contribution in [2.24, 2.45) is 22.7 Å². The number of Topliss-reactive ketones (excluding diaryl/α,β-unsaturated/α-hetero) is 1. The van der Waals surface area contributed by atoms with Gasteiger partial charge in [0.1, 0.15) is 11.5 Å². The van der Waals surface area contributed by atoms with E-state index in [0.29, 0.717) is 36.8 Å². The van der Waals surface area contributed by atoms with Crippen molar-refractivity contribution < 1.29 is 19.0 Å². The van der Waals surface area contributed by atoms with E-state index in [1.54, 1.807) is 7.11 Å². The number of hydrogen-bond donors (Lipinski definition) is 0. The van der Waals surface area contributed by atoms with Crippen molar-refractivity contribution in [2.45, 2.75) is 70.0 Å². The molecule has 0 radical (unpaired) electrons. The first-order chi connectivity index (χ1) is 14.0. The van der Waals surface area contributed by atoms with Crippen LogP contribution in [0.4, 0.5) is 0 Å². The molecule has 1 heterocycles. The van der Waals surface area contributed by atoms with Gasteiger partial charge in [0.15, 0.2) is 5.79 Å². The van der Waals surface area contributed by atoms with Crippen LogP contribution in [-0.4, -0.2) is 31.9 Å². The van der Waals surface area contributed by atoms with E-state index >= 15 is 0 Å². The number of hydrogen-bond acceptors (Lipinski definition) is 4. The second-order valence-corrected chi connectivity index (χ2v) is 10.4. The maximum atomic E-state index is 13.4. The lowest BCUT2D eigenvalue weighted by Crippen LogP contribution is -2.58. The number of carbonyl (C=O) groups is 1. The van der Waals surface area contributed by atoms with Crippen LogP contribution in [0, 0.1) is 22.7 Å². The van der Waals surface area contributed by atoms with Crippen LogP contribution in [0.15, 0.2) is 18.2 Å². The molecule has 0 bridgehead atoms. The normalized spacial score (nSPS) is 42.1. The van der Waals surface area contributed by atoms with Crippen molar-refractivity contribution in [1.29, 1.82) is 0 Å². The molecule has 1 saturated heterocycles. The maximum Gasteiger partial charge on any atom is 0.168 e. The number of aryl methyl sites for hydroxylation is 1. The summed E-state index contributed by atoms with van der Waals surface area (Å²) < 4.78 is 17.7. The Morgan fingerprint density at radius 1 is 1.10 bits per heavy atom. The van der Waals surface area contributed by atoms with Gasteiger partial charge < -0.3 is 14.2 Å². The van der Waals surface area contributed by atoms with E-state index < -0.39 is 5.79 Å². The zero-order valence-electron chi connectivity index (χ0n) is 17.7. The number of rotatable bonds is 1. The van der Waals surface area contributed by atoms with Crippen molar-refractivity contribution in [3.05, 3.63) is 29.3 Å². The predicted molar refractivity (Wildman–Crippen MR) is 109 cm³/mol. The second kappa shape index (κ2) is 6.07. The molecule has 4 nitrogen and oxygen atoms in total. The molecule has 156 valence electrons. The first kappa shape index (κ1) is 18.4. The van der Waals surface area contributed by atoms with Crippen LogP contribution in [0.2, 0.25) is 0 Å². The van der Waals surface area contributed by atoms with Gasteiger partial charge in [-0.1, -0.05) is 13.0 Å². The highest BCUT2D eigenvalue weighted by Crippen LogP contribution is 2.73. The third-order valence-electron chi connectivity index (χ3n) is 9.67. The molecule has 4 aliphatic carbocycles. The number of benzene rings is 1. The Kier molecular flexibility index (Phi) is 3.85. The number of fused-ring (bicyclic) bond motifs is 3.